The Labute approximate surface area is 108 Å². The van der Waals surface area contributed by atoms with Crippen LogP contribution in [0, 0.1) is 0 Å². The van der Waals surface area contributed by atoms with E-state index in [1.807, 2.05) is 12.1 Å². The molecule has 0 saturated heterocycles. The van der Waals surface area contributed by atoms with Crippen molar-refractivity contribution in [2.24, 2.45) is 0 Å². The van der Waals surface area contributed by atoms with Gasteiger partial charge in [-0.1, -0.05) is 12.6 Å². The van der Waals surface area contributed by atoms with E-state index < -0.39 is 0 Å². The lowest BCUT2D eigenvalue weighted by Gasteiger charge is -2.06. The lowest BCUT2D eigenvalue weighted by atomic mass is 10.0. The Morgan fingerprint density at radius 1 is 1.28 bits per heavy atom. The molecule has 1 aromatic rings. The molecule has 4 heteroatoms. The second kappa shape index (κ2) is 7.37. The molecule has 18 heavy (non-hydrogen) atoms. The first kappa shape index (κ1) is 14.1. The van der Waals surface area contributed by atoms with E-state index in [4.69, 9.17) is 16.2 Å². The molecule has 0 atom stereocenters. The van der Waals surface area contributed by atoms with Crippen LogP contribution in [0.1, 0.15) is 24.8 Å². The molecule has 0 bridgehead atoms. The molecule has 0 amide bonds. The van der Waals surface area contributed by atoms with E-state index in [9.17, 15) is 4.79 Å². The Hall–Kier alpha value is -1.97. The number of hydrogen-bond acceptors (Lipinski definition) is 4. The van der Waals surface area contributed by atoms with Crippen LogP contribution in [0.25, 0.3) is 0 Å². The van der Waals surface area contributed by atoms with Gasteiger partial charge in [0.25, 0.3) is 0 Å². The first-order valence-electron chi connectivity index (χ1n) is 6.06. The molecule has 4 N–H and O–H groups in total. The highest BCUT2D eigenvalue weighted by Gasteiger charge is 2.00. The highest BCUT2D eigenvalue weighted by atomic mass is 16.5. The molecular weight excluding hydrogens is 228 g/mol. The van der Waals surface area contributed by atoms with Crippen molar-refractivity contribution in [1.29, 1.82) is 0 Å². The molecule has 0 fully saturated rings. The maximum atomic E-state index is 10.8. The number of aryl methyl sites for hydroxylation is 1. The number of carbonyl (C=O) groups is 1. The molecule has 1 aromatic carbocycles. The first-order valence-corrected chi connectivity index (χ1v) is 6.06. The number of unbranched alkanes of at least 4 members (excludes halogenated alkanes) is 2. The summed E-state index contributed by atoms with van der Waals surface area (Å²) in [6.07, 6.45) is 4.96. The van der Waals surface area contributed by atoms with Crippen molar-refractivity contribution in [1.82, 2.24) is 0 Å². The normalized spacial score (nSPS) is 10.0. The van der Waals surface area contributed by atoms with Gasteiger partial charge in [0.05, 0.1) is 6.61 Å². The summed E-state index contributed by atoms with van der Waals surface area (Å²) in [4.78, 5) is 10.8. The Morgan fingerprint density at radius 2 is 2.06 bits per heavy atom. The van der Waals surface area contributed by atoms with Gasteiger partial charge in [0.15, 0.2) is 0 Å². The van der Waals surface area contributed by atoms with E-state index in [2.05, 4.69) is 6.58 Å². The Morgan fingerprint density at radius 3 is 2.72 bits per heavy atom. The third-order valence-corrected chi connectivity index (χ3v) is 2.67. The highest BCUT2D eigenvalue weighted by molar-refractivity contribution is 5.81. The number of anilines is 2. The molecule has 0 unspecified atom stereocenters. The lowest BCUT2D eigenvalue weighted by Crippen LogP contribution is -2.02. The fraction of sp³-hybridized carbons (Fsp3) is 0.357. The monoisotopic (exact) mass is 248 g/mol. The van der Waals surface area contributed by atoms with Crippen molar-refractivity contribution in [2.45, 2.75) is 25.7 Å². The first-order chi connectivity index (χ1) is 8.63. The van der Waals surface area contributed by atoms with Crippen molar-refractivity contribution in [3.63, 3.8) is 0 Å². The van der Waals surface area contributed by atoms with Crippen LogP contribution in [0.5, 0.6) is 0 Å². The van der Waals surface area contributed by atoms with Crippen molar-refractivity contribution in [3.05, 3.63) is 36.4 Å². The zero-order valence-corrected chi connectivity index (χ0v) is 10.5. The molecule has 0 aliphatic heterocycles. The molecule has 0 aliphatic rings. The van der Waals surface area contributed by atoms with Crippen molar-refractivity contribution >= 4 is 17.3 Å². The van der Waals surface area contributed by atoms with E-state index in [0.717, 1.165) is 36.9 Å². The van der Waals surface area contributed by atoms with Gasteiger partial charge in [-0.05, 0) is 43.4 Å². The minimum atomic E-state index is -0.363. The smallest absolute Gasteiger partial charge is 0.330 e. The van der Waals surface area contributed by atoms with Crippen molar-refractivity contribution in [3.8, 4) is 0 Å². The standard InChI is InChI=1S/C14H20N2O2/c1-2-14(17)18-9-5-3-4-6-11-7-8-12(15)10-13(11)16/h2,7-8,10H,1,3-6,9,15-16H2. The third kappa shape index (κ3) is 4.91. The van der Waals surface area contributed by atoms with Crippen LogP contribution in [-0.2, 0) is 16.0 Å². The number of nitrogen functional groups attached to an aromatic ring is 2. The molecule has 0 radical (unpaired) electrons. The second-order valence-electron chi connectivity index (χ2n) is 4.14. The SMILES string of the molecule is C=CC(=O)OCCCCCc1ccc(N)cc1N. The van der Waals surface area contributed by atoms with Crippen LogP contribution in [0.15, 0.2) is 30.9 Å². The lowest BCUT2D eigenvalue weighted by molar-refractivity contribution is -0.137. The van der Waals surface area contributed by atoms with E-state index >= 15 is 0 Å². The number of ether oxygens (including phenoxy) is 1. The summed E-state index contributed by atoms with van der Waals surface area (Å²) < 4.78 is 4.88. The molecule has 1 rings (SSSR count). The van der Waals surface area contributed by atoms with Crippen LogP contribution >= 0.6 is 0 Å². The number of hydrogen-bond donors (Lipinski definition) is 2. The molecule has 4 nitrogen and oxygen atoms in total. The number of benzene rings is 1. The van der Waals surface area contributed by atoms with Gasteiger partial charge in [-0.3, -0.25) is 0 Å². The summed E-state index contributed by atoms with van der Waals surface area (Å²) in [5, 5.41) is 0. The van der Waals surface area contributed by atoms with Gasteiger partial charge in [0, 0.05) is 17.5 Å². The largest absolute Gasteiger partial charge is 0.463 e. The topological polar surface area (TPSA) is 78.3 Å². The fourth-order valence-corrected chi connectivity index (χ4v) is 1.67. The van der Waals surface area contributed by atoms with Gasteiger partial charge in [0.1, 0.15) is 0 Å². The number of esters is 1. The van der Waals surface area contributed by atoms with Crippen LogP contribution in [0.3, 0.4) is 0 Å². The predicted octanol–water partition coefficient (Wildman–Crippen LogP) is 2.29. The predicted molar refractivity (Wildman–Crippen MR) is 74.0 cm³/mol. The molecule has 0 spiro atoms. The van der Waals surface area contributed by atoms with Crippen LogP contribution in [-0.4, -0.2) is 12.6 Å². The average molecular weight is 248 g/mol. The van der Waals surface area contributed by atoms with Gasteiger partial charge in [-0.15, -0.1) is 0 Å². The van der Waals surface area contributed by atoms with Gasteiger partial charge < -0.3 is 16.2 Å². The number of carbonyl (C=O) groups excluding carboxylic acids is 1. The average Bonchev–Trinajstić information content (AvgIpc) is 2.35. The molecule has 0 aliphatic carbocycles. The summed E-state index contributed by atoms with van der Waals surface area (Å²) in [6, 6.07) is 5.60. The van der Waals surface area contributed by atoms with Gasteiger partial charge >= 0.3 is 5.97 Å². The Bertz CT molecular complexity index is 416. The summed E-state index contributed by atoms with van der Waals surface area (Å²) in [7, 11) is 0. The molecule has 0 aromatic heterocycles. The fourth-order valence-electron chi connectivity index (χ4n) is 1.67. The van der Waals surface area contributed by atoms with E-state index in [1.165, 1.54) is 6.08 Å². The summed E-state index contributed by atoms with van der Waals surface area (Å²) in [5.74, 6) is -0.363. The number of nitrogens with two attached hydrogens (primary N) is 2. The molecular formula is C14H20N2O2. The van der Waals surface area contributed by atoms with Gasteiger partial charge in [0.2, 0.25) is 0 Å². The van der Waals surface area contributed by atoms with E-state index in [0.29, 0.717) is 12.3 Å². The highest BCUT2D eigenvalue weighted by Crippen LogP contribution is 2.18. The zero-order chi connectivity index (χ0) is 13.4. The van der Waals surface area contributed by atoms with Crippen molar-refractivity contribution in [2.75, 3.05) is 18.1 Å². The summed E-state index contributed by atoms with van der Waals surface area (Å²) >= 11 is 0. The van der Waals surface area contributed by atoms with Crippen LogP contribution < -0.4 is 11.5 Å². The maximum absolute atomic E-state index is 10.8. The molecule has 0 saturated carbocycles. The van der Waals surface area contributed by atoms with Crippen LogP contribution in [0.4, 0.5) is 11.4 Å². The van der Waals surface area contributed by atoms with Crippen LogP contribution in [0.2, 0.25) is 0 Å². The maximum Gasteiger partial charge on any atom is 0.330 e. The minimum absolute atomic E-state index is 0.363. The third-order valence-electron chi connectivity index (χ3n) is 2.67. The summed E-state index contributed by atoms with van der Waals surface area (Å²) in [6.45, 7) is 3.78. The quantitative estimate of drug-likeness (QED) is 0.336. The minimum Gasteiger partial charge on any atom is -0.463 e. The molecule has 0 heterocycles. The Balaban J connectivity index is 2.18. The second-order valence-corrected chi connectivity index (χ2v) is 4.14. The number of rotatable bonds is 7. The molecule has 98 valence electrons. The summed E-state index contributed by atoms with van der Waals surface area (Å²) in [5.41, 5.74) is 14.0. The Kier molecular flexibility index (Phi) is 5.77. The van der Waals surface area contributed by atoms with Gasteiger partial charge in [-0.25, -0.2) is 4.79 Å². The van der Waals surface area contributed by atoms with Gasteiger partial charge in [-0.2, -0.15) is 0 Å². The zero-order valence-electron chi connectivity index (χ0n) is 10.5. The van der Waals surface area contributed by atoms with E-state index in [-0.39, 0.29) is 5.97 Å². The van der Waals surface area contributed by atoms with E-state index in [1.54, 1.807) is 6.07 Å². The van der Waals surface area contributed by atoms with Crippen molar-refractivity contribution < 1.29 is 9.53 Å².